The summed E-state index contributed by atoms with van der Waals surface area (Å²) in [4.78, 5) is 28.6. The molecule has 156 valence electrons. The molecule has 2 aromatic carbocycles. The molecule has 0 saturated heterocycles. The number of carbonyl (C=O) groups is 2. The molecule has 0 aliphatic heterocycles. The first-order valence-electron chi connectivity index (χ1n) is 10.0. The van der Waals surface area contributed by atoms with E-state index in [4.69, 9.17) is 9.84 Å². The Balaban J connectivity index is 1.51. The SMILES string of the molecule is Cc1cc2c(CC(=O)O)cccc2n1C(=O)c1ccc(OCCc2ccccn2)cc1. The first kappa shape index (κ1) is 20.3. The molecule has 4 aromatic rings. The predicted octanol–water partition coefficient (Wildman–Crippen LogP) is 4.28. The lowest BCUT2D eigenvalue weighted by Crippen LogP contribution is -2.13. The van der Waals surface area contributed by atoms with Crippen LogP contribution in [-0.4, -0.2) is 33.1 Å². The topological polar surface area (TPSA) is 81.4 Å². The fraction of sp³-hybridized carbons (Fsp3) is 0.160. The molecule has 6 heteroatoms. The van der Waals surface area contributed by atoms with Crippen LogP contribution in [0.2, 0.25) is 0 Å². The number of aromatic nitrogens is 2. The van der Waals surface area contributed by atoms with Gasteiger partial charge in [-0.1, -0.05) is 18.2 Å². The Morgan fingerprint density at radius 1 is 1.03 bits per heavy atom. The molecule has 4 rings (SSSR count). The maximum absolute atomic E-state index is 13.2. The Morgan fingerprint density at radius 3 is 2.55 bits per heavy atom. The number of carboxylic acid groups (broad SMARTS) is 1. The van der Waals surface area contributed by atoms with Gasteiger partial charge in [-0.2, -0.15) is 0 Å². The van der Waals surface area contributed by atoms with Crippen molar-refractivity contribution in [2.45, 2.75) is 19.8 Å². The van der Waals surface area contributed by atoms with Crippen molar-refractivity contribution in [3.8, 4) is 5.75 Å². The highest BCUT2D eigenvalue weighted by molar-refractivity contribution is 6.04. The summed E-state index contributed by atoms with van der Waals surface area (Å²) in [7, 11) is 0. The summed E-state index contributed by atoms with van der Waals surface area (Å²) in [5.41, 5.74) is 3.65. The number of aliphatic carboxylic acids is 1. The molecule has 31 heavy (non-hydrogen) atoms. The lowest BCUT2D eigenvalue weighted by molar-refractivity contribution is -0.136. The number of rotatable bonds is 7. The van der Waals surface area contributed by atoms with E-state index in [2.05, 4.69) is 4.98 Å². The van der Waals surface area contributed by atoms with Crippen LogP contribution in [0.1, 0.15) is 27.3 Å². The number of benzene rings is 2. The molecule has 0 amide bonds. The third kappa shape index (κ3) is 4.48. The number of carbonyl (C=O) groups excluding carboxylic acids is 1. The monoisotopic (exact) mass is 414 g/mol. The molecule has 0 saturated carbocycles. The van der Waals surface area contributed by atoms with E-state index >= 15 is 0 Å². The second kappa shape index (κ2) is 8.83. The van der Waals surface area contributed by atoms with E-state index in [-0.39, 0.29) is 12.3 Å². The zero-order chi connectivity index (χ0) is 21.8. The number of fused-ring (bicyclic) bond motifs is 1. The average Bonchev–Trinajstić information content (AvgIpc) is 3.11. The van der Waals surface area contributed by atoms with Crippen molar-refractivity contribution >= 4 is 22.8 Å². The molecule has 0 fully saturated rings. The fourth-order valence-electron chi connectivity index (χ4n) is 3.65. The maximum Gasteiger partial charge on any atom is 0.307 e. The Hall–Kier alpha value is -3.93. The standard InChI is InChI=1S/C25H22N2O4/c1-17-15-22-19(16-24(28)29)5-4-7-23(22)27(17)25(30)18-8-10-21(11-9-18)31-14-12-20-6-2-3-13-26-20/h2-11,13,15H,12,14,16H2,1H3,(H,28,29). The van der Waals surface area contributed by atoms with Crippen molar-refractivity contribution in [3.63, 3.8) is 0 Å². The van der Waals surface area contributed by atoms with E-state index in [0.29, 0.717) is 35.4 Å². The number of hydrogen-bond donors (Lipinski definition) is 1. The molecular weight excluding hydrogens is 392 g/mol. The van der Waals surface area contributed by atoms with Crippen LogP contribution in [0.4, 0.5) is 0 Å². The van der Waals surface area contributed by atoms with E-state index in [1.165, 1.54) is 0 Å². The van der Waals surface area contributed by atoms with Gasteiger partial charge in [0.15, 0.2) is 0 Å². The van der Waals surface area contributed by atoms with E-state index in [1.807, 2.05) is 37.3 Å². The van der Waals surface area contributed by atoms with E-state index in [1.54, 1.807) is 47.2 Å². The molecule has 0 aliphatic carbocycles. The fourth-order valence-corrected chi connectivity index (χ4v) is 3.65. The van der Waals surface area contributed by atoms with Crippen molar-refractivity contribution < 1.29 is 19.4 Å². The third-order valence-electron chi connectivity index (χ3n) is 5.12. The molecule has 2 aromatic heterocycles. The minimum absolute atomic E-state index is 0.0838. The second-order valence-corrected chi connectivity index (χ2v) is 7.29. The van der Waals surface area contributed by atoms with Crippen molar-refractivity contribution in [2.24, 2.45) is 0 Å². The molecule has 0 radical (unpaired) electrons. The van der Waals surface area contributed by atoms with Crippen LogP contribution in [-0.2, 0) is 17.6 Å². The van der Waals surface area contributed by atoms with Gasteiger partial charge in [0.1, 0.15) is 5.75 Å². The van der Waals surface area contributed by atoms with Gasteiger partial charge >= 0.3 is 5.97 Å². The Labute approximate surface area is 179 Å². The van der Waals surface area contributed by atoms with Crippen molar-refractivity contribution in [1.82, 2.24) is 9.55 Å². The summed E-state index contributed by atoms with van der Waals surface area (Å²) in [5, 5.41) is 9.94. The predicted molar refractivity (Wildman–Crippen MR) is 118 cm³/mol. The lowest BCUT2D eigenvalue weighted by atomic mass is 10.1. The summed E-state index contributed by atoms with van der Waals surface area (Å²) >= 11 is 0. The summed E-state index contributed by atoms with van der Waals surface area (Å²) in [6.45, 7) is 2.34. The van der Waals surface area contributed by atoms with Gasteiger partial charge in [-0.3, -0.25) is 19.1 Å². The van der Waals surface area contributed by atoms with Gasteiger partial charge in [0, 0.05) is 35.0 Å². The number of carboxylic acids is 1. The van der Waals surface area contributed by atoms with E-state index in [0.717, 1.165) is 16.8 Å². The van der Waals surface area contributed by atoms with Gasteiger partial charge < -0.3 is 9.84 Å². The minimum Gasteiger partial charge on any atom is -0.493 e. The highest BCUT2D eigenvalue weighted by Gasteiger charge is 2.17. The molecule has 6 nitrogen and oxygen atoms in total. The summed E-state index contributed by atoms with van der Waals surface area (Å²) in [6, 6.07) is 20.1. The maximum atomic E-state index is 13.2. The van der Waals surface area contributed by atoms with Crippen LogP contribution < -0.4 is 4.74 Å². The largest absolute Gasteiger partial charge is 0.493 e. The van der Waals surface area contributed by atoms with Gasteiger partial charge in [-0.15, -0.1) is 0 Å². The van der Waals surface area contributed by atoms with E-state index in [9.17, 15) is 9.59 Å². The molecule has 1 N–H and O–H groups in total. The minimum atomic E-state index is -0.900. The molecule has 2 heterocycles. The molecule has 0 spiro atoms. The van der Waals surface area contributed by atoms with Gasteiger partial charge in [0.05, 0.1) is 18.5 Å². The molecular formula is C25H22N2O4. The zero-order valence-electron chi connectivity index (χ0n) is 17.1. The zero-order valence-corrected chi connectivity index (χ0v) is 17.1. The average molecular weight is 414 g/mol. The number of pyridine rings is 1. The van der Waals surface area contributed by atoms with Gasteiger partial charge in [0.25, 0.3) is 5.91 Å². The summed E-state index contributed by atoms with van der Waals surface area (Å²) < 4.78 is 7.39. The van der Waals surface area contributed by atoms with Crippen LogP contribution in [0.15, 0.2) is 72.9 Å². The molecule has 0 bridgehead atoms. The van der Waals surface area contributed by atoms with Crippen molar-refractivity contribution in [3.05, 3.63) is 95.4 Å². The number of hydrogen-bond acceptors (Lipinski definition) is 4. The lowest BCUT2D eigenvalue weighted by Gasteiger charge is -2.09. The number of nitrogens with zero attached hydrogens (tertiary/aromatic N) is 2. The molecule has 0 atom stereocenters. The Kier molecular flexibility index (Phi) is 5.80. The normalized spacial score (nSPS) is 10.9. The second-order valence-electron chi connectivity index (χ2n) is 7.29. The smallest absolute Gasteiger partial charge is 0.307 e. The quantitative estimate of drug-likeness (QED) is 0.488. The van der Waals surface area contributed by atoms with Crippen LogP contribution in [0.3, 0.4) is 0 Å². The van der Waals surface area contributed by atoms with Crippen molar-refractivity contribution in [2.75, 3.05) is 6.61 Å². The first-order chi connectivity index (χ1) is 15.0. The highest BCUT2D eigenvalue weighted by atomic mass is 16.5. The van der Waals surface area contributed by atoms with Gasteiger partial charge in [-0.05, 0) is 61.0 Å². The first-order valence-corrected chi connectivity index (χ1v) is 10.0. The van der Waals surface area contributed by atoms with Crippen LogP contribution in [0.5, 0.6) is 5.75 Å². The number of ether oxygens (including phenoxy) is 1. The number of aryl methyl sites for hydroxylation is 1. The molecule has 0 aliphatic rings. The van der Waals surface area contributed by atoms with Gasteiger partial charge in [-0.25, -0.2) is 0 Å². The van der Waals surface area contributed by atoms with Crippen LogP contribution >= 0.6 is 0 Å². The highest BCUT2D eigenvalue weighted by Crippen LogP contribution is 2.25. The Bertz CT molecular complexity index is 1230. The summed E-state index contributed by atoms with van der Waals surface area (Å²) in [6.07, 6.45) is 2.38. The van der Waals surface area contributed by atoms with Gasteiger partial charge in [0.2, 0.25) is 0 Å². The van der Waals surface area contributed by atoms with Crippen molar-refractivity contribution in [1.29, 1.82) is 0 Å². The van der Waals surface area contributed by atoms with Crippen LogP contribution in [0.25, 0.3) is 10.9 Å². The summed E-state index contributed by atoms with van der Waals surface area (Å²) in [5.74, 6) is -0.381. The Morgan fingerprint density at radius 2 is 1.84 bits per heavy atom. The molecule has 0 unspecified atom stereocenters. The van der Waals surface area contributed by atoms with Crippen LogP contribution in [0, 0.1) is 6.92 Å². The third-order valence-corrected chi connectivity index (χ3v) is 5.12. The van der Waals surface area contributed by atoms with E-state index < -0.39 is 5.97 Å².